The molecule has 0 saturated heterocycles. The van der Waals surface area contributed by atoms with Crippen LogP contribution in [0.25, 0.3) is 0 Å². The number of hydrogen-bond acceptors (Lipinski definition) is 2. The van der Waals surface area contributed by atoms with Gasteiger partial charge in [-0.1, -0.05) is 54.6 Å². The lowest BCUT2D eigenvalue weighted by Gasteiger charge is -2.23. The van der Waals surface area contributed by atoms with E-state index in [-0.39, 0.29) is 5.78 Å². The predicted octanol–water partition coefficient (Wildman–Crippen LogP) is 4.28. The number of rotatable bonds is 4. The number of benzene rings is 2. The molecule has 2 heteroatoms. The van der Waals surface area contributed by atoms with Crippen molar-refractivity contribution in [2.75, 3.05) is 0 Å². The molecule has 0 unspecified atom stereocenters. The molecule has 0 amide bonds. The topological polar surface area (TPSA) is 17.1 Å². The Morgan fingerprint density at radius 3 is 2.11 bits per heavy atom. The minimum Gasteiger partial charge on any atom is -0.293 e. The highest BCUT2D eigenvalue weighted by Gasteiger charge is 2.30. The molecule has 0 fully saturated rings. The van der Waals surface area contributed by atoms with Crippen molar-refractivity contribution in [3.8, 4) is 0 Å². The van der Waals surface area contributed by atoms with Crippen molar-refractivity contribution in [2.45, 2.75) is 25.0 Å². The van der Waals surface area contributed by atoms with Gasteiger partial charge in [0.05, 0.1) is 5.41 Å². The molecule has 0 spiro atoms. The molecule has 2 aromatic carbocycles. The van der Waals surface area contributed by atoms with E-state index < -0.39 is 5.41 Å². The van der Waals surface area contributed by atoms with Gasteiger partial charge in [0.2, 0.25) is 0 Å². The first-order chi connectivity index (χ1) is 9.05. The molecule has 0 saturated carbocycles. The van der Waals surface area contributed by atoms with E-state index in [1.807, 2.05) is 68.4 Å². The van der Waals surface area contributed by atoms with Crippen molar-refractivity contribution in [2.24, 2.45) is 0 Å². The maximum Gasteiger partial charge on any atom is 0.172 e. The van der Waals surface area contributed by atoms with Crippen molar-refractivity contribution in [1.29, 1.82) is 0 Å². The van der Waals surface area contributed by atoms with E-state index in [2.05, 4.69) is 12.6 Å². The third-order valence-electron chi connectivity index (χ3n) is 3.46. The number of carbonyl (C=O) groups is 1. The van der Waals surface area contributed by atoms with Crippen LogP contribution in [0.1, 0.15) is 35.3 Å². The summed E-state index contributed by atoms with van der Waals surface area (Å²) in [7, 11) is 0. The van der Waals surface area contributed by atoms with Gasteiger partial charge < -0.3 is 0 Å². The second-order valence-electron chi connectivity index (χ2n) is 5.18. The summed E-state index contributed by atoms with van der Waals surface area (Å²) in [4.78, 5) is 12.6. The summed E-state index contributed by atoms with van der Waals surface area (Å²) in [5, 5.41) is 0. The van der Waals surface area contributed by atoms with E-state index in [0.717, 1.165) is 16.7 Å². The zero-order chi connectivity index (χ0) is 13.9. The van der Waals surface area contributed by atoms with E-state index in [9.17, 15) is 4.79 Å². The number of thiol groups is 1. The second-order valence-corrected chi connectivity index (χ2v) is 5.49. The van der Waals surface area contributed by atoms with E-state index in [4.69, 9.17) is 0 Å². The van der Waals surface area contributed by atoms with Gasteiger partial charge in [0.25, 0.3) is 0 Å². The van der Waals surface area contributed by atoms with Gasteiger partial charge in [0.1, 0.15) is 0 Å². The maximum atomic E-state index is 12.6. The first-order valence-corrected chi connectivity index (χ1v) is 6.99. The third-order valence-corrected chi connectivity index (χ3v) is 3.83. The first kappa shape index (κ1) is 13.9. The SMILES string of the molecule is CC(C)(C(=O)c1ccc(CS)cc1)c1ccccc1. The summed E-state index contributed by atoms with van der Waals surface area (Å²) in [6, 6.07) is 17.6. The van der Waals surface area contributed by atoms with Crippen molar-refractivity contribution >= 4 is 18.4 Å². The number of hydrogen-bond donors (Lipinski definition) is 1. The van der Waals surface area contributed by atoms with Gasteiger partial charge in [-0.2, -0.15) is 12.6 Å². The molecule has 0 aliphatic carbocycles. The average molecular weight is 270 g/mol. The van der Waals surface area contributed by atoms with Gasteiger partial charge in [0.15, 0.2) is 5.78 Å². The fraction of sp³-hybridized carbons (Fsp3) is 0.235. The first-order valence-electron chi connectivity index (χ1n) is 6.36. The Morgan fingerprint density at radius 1 is 1.00 bits per heavy atom. The summed E-state index contributed by atoms with van der Waals surface area (Å²) in [6.07, 6.45) is 0. The van der Waals surface area contributed by atoms with Gasteiger partial charge in [-0.25, -0.2) is 0 Å². The Balaban J connectivity index is 2.32. The molecule has 98 valence electrons. The van der Waals surface area contributed by atoms with Gasteiger partial charge in [-0.3, -0.25) is 4.79 Å². The molecule has 0 atom stereocenters. The van der Waals surface area contributed by atoms with E-state index >= 15 is 0 Å². The smallest absolute Gasteiger partial charge is 0.172 e. The van der Waals surface area contributed by atoms with Crippen LogP contribution in [-0.4, -0.2) is 5.78 Å². The second kappa shape index (κ2) is 5.62. The van der Waals surface area contributed by atoms with Crippen LogP contribution in [0, 0.1) is 0 Å². The molecule has 0 aliphatic rings. The van der Waals surface area contributed by atoms with Crippen LogP contribution in [0.4, 0.5) is 0 Å². The molecule has 19 heavy (non-hydrogen) atoms. The predicted molar refractivity (Wildman–Crippen MR) is 82.9 cm³/mol. The number of Topliss-reactive ketones (excluding diaryl/α,β-unsaturated/α-hetero) is 1. The fourth-order valence-electron chi connectivity index (χ4n) is 2.11. The zero-order valence-corrected chi connectivity index (χ0v) is 12.2. The van der Waals surface area contributed by atoms with Crippen molar-refractivity contribution < 1.29 is 4.79 Å². The zero-order valence-electron chi connectivity index (χ0n) is 11.3. The minimum atomic E-state index is -0.510. The fourth-order valence-corrected chi connectivity index (χ4v) is 2.32. The molecular weight excluding hydrogens is 252 g/mol. The average Bonchev–Trinajstić information content (AvgIpc) is 2.47. The maximum absolute atomic E-state index is 12.6. The highest BCUT2D eigenvalue weighted by atomic mass is 32.1. The molecule has 1 nitrogen and oxygen atoms in total. The monoisotopic (exact) mass is 270 g/mol. The quantitative estimate of drug-likeness (QED) is 0.648. The van der Waals surface area contributed by atoms with E-state index in [1.54, 1.807) is 0 Å². The summed E-state index contributed by atoms with van der Waals surface area (Å²) < 4.78 is 0. The van der Waals surface area contributed by atoms with Crippen molar-refractivity contribution in [1.82, 2.24) is 0 Å². The molecule has 0 bridgehead atoms. The van der Waals surface area contributed by atoms with Crippen LogP contribution in [0.3, 0.4) is 0 Å². The summed E-state index contributed by atoms with van der Waals surface area (Å²) >= 11 is 4.23. The molecule has 2 rings (SSSR count). The van der Waals surface area contributed by atoms with Crippen LogP contribution < -0.4 is 0 Å². The molecule has 0 aromatic heterocycles. The molecule has 2 aromatic rings. The summed E-state index contributed by atoms with van der Waals surface area (Å²) in [5.74, 6) is 0.834. The Hall–Kier alpha value is -1.54. The van der Waals surface area contributed by atoms with Gasteiger partial charge in [-0.15, -0.1) is 0 Å². The van der Waals surface area contributed by atoms with Gasteiger partial charge in [-0.05, 0) is 25.0 Å². The molecular formula is C17H18OS. The lowest BCUT2D eigenvalue weighted by molar-refractivity contribution is 0.0909. The summed E-state index contributed by atoms with van der Waals surface area (Å²) in [6.45, 7) is 3.94. The Labute approximate surface area is 120 Å². The molecule has 0 heterocycles. The van der Waals surface area contributed by atoms with Crippen LogP contribution in [0.15, 0.2) is 54.6 Å². The summed E-state index contributed by atoms with van der Waals surface area (Å²) in [5.41, 5.74) is 2.40. The van der Waals surface area contributed by atoms with Crippen LogP contribution >= 0.6 is 12.6 Å². The lowest BCUT2D eigenvalue weighted by Crippen LogP contribution is -2.29. The van der Waals surface area contributed by atoms with Crippen LogP contribution in [0.5, 0.6) is 0 Å². The molecule has 0 radical (unpaired) electrons. The normalized spacial score (nSPS) is 11.3. The Bertz CT molecular complexity index is 556. The number of carbonyl (C=O) groups excluding carboxylic acids is 1. The van der Waals surface area contributed by atoms with Crippen LogP contribution in [0.2, 0.25) is 0 Å². The third kappa shape index (κ3) is 2.90. The highest BCUT2D eigenvalue weighted by molar-refractivity contribution is 7.79. The van der Waals surface area contributed by atoms with Gasteiger partial charge >= 0.3 is 0 Å². The largest absolute Gasteiger partial charge is 0.293 e. The highest BCUT2D eigenvalue weighted by Crippen LogP contribution is 2.27. The van der Waals surface area contributed by atoms with E-state index in [1.165, 1.54) is 0 Å². The Kier molecular flexibility index (Phi) is 4.11. The van der Waals surface area contributed by atoms with Crippen molar-refractivity contribution in [3.05, 3.63) is 71.3 Å². The number of ketones is 1. The molecule has 0 aliphatic heterocycles. The standard InChI is InChI=1S/C17H18OS/c1-17(2,15-6-4-3-5-7-15)16(18)14-10-8-13(12-19)9-11-14/h3-11,19H,12H2,1-2H3. The lowest BCUT2D eigenvalue weighted by atomic mass is 9.78. The van der Waals surface area contributed by atoms with E-state index in [0.29, 0.717) is 5.75 Å². The van der Waals surface area contributed by atoms with Crippen molar-refractivity contribution in [3.63, 3.8) is 0 Å². The minimum absolute atomic E-state index is 0.143. The van der Waals surface area contributed by atoms with Crippen LogP contribution in [-0.2, 0) is 11.2 Å². The van der Waals surface area contributed by atoms with Gasteiger partial charge in [0, 0.05) is 11.3 Å². The Morgan fingerprint density at radius 2 is 1.58 bits per heavy atom. The molecule has 0 N–H and O–H groups in total.